The van der Waals surface area contributed by atoms with Crippen molar-refractivity contribution in [3.63, 3.8) is 0 Å². The van der Waals surface area contributed by atoms with Gasteiger partial charge in [0.25, 0.3) is 0 Å². The van der Waals surface area contributed by atoms with Crippen LogP contribution < -0.4 is 5.32 Å². The number of morpholine rings is 1. The molecule has 1 saturated heterocycles. The molecule has 0 radical (unpaired) electrons. The standard InChI is InChI=1S/C13H28N2O/c1-6-7-14-8-9-15-10-12(2,3)16-13(4,5)11-15/h14H,6-11H2,1-5H3. The van der Waals surface area contributed by atoms with E-state index in [1.54, 1.807) is 0 Å². The summed E-state index contributed by atoms with van der Waals surface area (Å²) in [5.74, 6) is 0. The number of ether oxygens (including phenoxy) is 1. The van der Waals surface area contributed by atoms with E-state index in [1.165, 1.54) is 6.42 Å². The van der Waals surface area contributed by atoms with Gasteiger partial charge >= 0.3 is 0 Å². The molecule has 3 nitrogen and oxygen atoms in total. The lowest BCUT2D eigenvalue weighted by Crippen LogP contribution is -2.58. The lowest BCUT2D eigenvalue weighted by atomic mass is 9.99. The van der Waals surface area contributed by atoms with Crippen LogP contribution in [0.4, 0.5) is 0 Å². The zero-order chi connectivity index (χ0) is 12.2. The molecule has 1 fully saturated rings. The Hall–Kier alpha value is -0.120. The van der Waals surface area contributed by atoms with Gasteiger partial charge in [-0.05, 0) is 40.7 Å². The Kier molecular flexibility index (Phi) is 4.77. The molecular formula is C13H28N2O. The third-order valence-corrected chi connectivity index (χ3v) is 2.79. The first-order chi connectivity index (χ1) is 7.35. The van der Waals surface area contributed by atoms with E-state index in [4.69, 9.17) is 4.74 Å². The lowest BCUT2D eigenvalue weighted by Gasteiger charge is -2.47. The predicted octanol–water partition coefficient (Wildman–Crippen LogP) is 1.88. The van der Waals surface area contributed by atoms with Crippen LogP contribution in [0.2, 0.25) is 0 Å². The second-order valence-electron chi connectivity index (χ2n) is 6.08. The molecule has 0 unspecified atom stereocenters. The summed E-state index contributed by atoms with van der Waals surface area (Å²) in [5, 5.41) is 3.45. The second-order valence-corrected chi connectivity index (χ2v) is 6.08. The SMILES string of the molecule is CCCNCCN1CC(C)(C)OC(C)(C)C1. The van der Waals surface area contributed by atoms with Crippen LogP contribution in [-0.2, 0) is 4.74 Å². The van der Waals surface area contributed by atoms with E-state index in [0.29, 0.717) is 0 Å². The third-order valence-electron chi connectivity index (χ3n) is 2.79. The number of nitrogens with one attached hydrogen (secondary N) is 1. The van der Waals surface area contributed by atoms with Crippen LogP contribution in [0.25, 0.3) is 0 Å². The maximum absolute atomic E-state index is 6.06. The number of rotatable bonds is 5. The van der Waals surface area contributed by atoms with E-state index in [2.05, 4.69) is 44.8 Å². The minimum atomic E-state index is -0.0213. The summed E-state index contributed by atoms with van der Waals surface area (Å²) in [4.78, 5) is 2.51. The molecule has 3 heteroatoms. The van der Waals surface area contributed by atoms with E-state index in [9.17, 15) is 0 Å². The quantitative estimate of drug-likeness (QED) is 0.727. The van der Waals surface area contributed by atoms with Crippen LogP contribution in [-0.4, -0.2) is 48.8 Å². The van der Waals surface area contributed by atoms with Crippen molar-refractivity contribution in [2.75, 3.05) is 32.7 Å². The Bertz CT molecular complexity index is 198. The summed E-state index contributed by atoms with van der Waals surface area (Å²) < 4.78 is 6.06. The fourth-order valence-electron chi connectivity index (χ4n) is 2.64. The number of hydrogen-bond acceptors (Lipinski definition) is 3. The molecule has 96 valence electrons. The van der Waals surface area contributed by atoms with Crippen LogP contribution in [0.1, 0.15) is 41.0 Å². The highest BCUT2D eigenvalue weighted by molar-refractivity contribution is 4.89. The number of nitrogens with zero attached hydrogens (tertiary/aromatic N) is 1. The Morgan fingerprint density at radius 1 is 1.06 bits per heavy atom. The molecular weight excluding hydrogens is 200 g/mol. The average Bonchev–Trinajstić information content (AvgIpc) is 2.07. The first kappa shape index (κ1) is 13.9. The van der Waals surface area contributed by atoms with Crippen LogP contribution in [0.5, 0.6) is 0 Å². The first-order valence-electron chi connectivity index (χ1n) is 6.48. The largest absolute Gasteiger partial charge is 0.367 e. The van der Waals surface area contributed by atoms with Crippen LogP contribution >= 0.6 is 0 Å². The maximum Gasteiger partial charge on any atom is 0.0760 e. The molecule has 0 aromatic heterocycles. The van der Waals surface area contributed by atoms with E-state index in [-0.39, 0.29) is 11.2 Å². The monoisotopic (exact) mass is 228 g/mol. The van der Waals surface area contributed by atoms with Crippen molar-refractivity contribution in [1.82, 2.24) is 10.2 Å². The molecule has 1 rings (SSSR count). The van der Waals surface area contributed by atoms with Gasteiger partial charge in [-0.3, -0.25) is 4.90 Å². The molecule has 1 aliphatic rings. The molecule has 0 aliphatic carbocycles. The third kappa shape index (κ3) is 4.81. The summed E-state index contributed by atoms with van der Waals surface area (Å²) >= 11 is 0. The molecule has 0 bridgehead atoms. The topological polar surface area (TPSA) is 24.5 Å². The fraction of sp³-hybridized carbons (Fsp3) is 1.00. The van der Waals surface area contributed by atoms with Gasteiger partial charge < -0.3 is 10.1 Å². The molecule has 0 amide bonds. The van der Waals surface area contributed by atoms with Gasteiger partial charge in [-0.25, -0.2) is 0 Å². The Morgan fingerprint density at radius 3 is 2.12 bits per heavy atom. The minimum absolute atomic E-state index is 0.0213. The van der Waals surface area contributed by atoms with Crippen LogP contribution in [0.15, 0.2) is 0 Å². The Balaban J connectivity index is 2.36. The molecule has 16 heavy (non-hydrogen) atoms. The highest BCUT2D eigenvalue weighted by Crippen LogP contribution is 2.27. The van der Waals surface area contributed by atoms with Gasteiger partial charge in [-0.1, -0.05) is 6.92 Å². The second kappa shape index (κ2) is 5.48. The Morgan fingerprint density at radius 2 is 1.62 bits per heavy atom. The zero-order valence-corrected chi connectivity index (χ0v) is 11.6. The van der Waals surface area contributed by atoms with Crippen molar-refractivity contribution in [3.8, 4) is 0 Å². The summed E-state index contributed by atoms with van der Waals surface area (Å²) in [5.41, 5.74) is -0.0426. The molecule has 0 aromatic rings. The lowest BCUT2D eigenvalue weighted by molar-refractivity contribution is -0.180. The van der Waals surface area contributed by atoms with Gasteiger partial charge in [0.1, 0.15) is 0 Å². The van der Waals surface area contributed by atoms with Crippen LogP contribution in [0.3, 0.4) is 0 Å². The van der Waals surface area contributed by atoms with E-state index in [0.717, 1.165) is 32.7 Å². The van der Waals surface area contributed by atoms with Gasteiger partial charge in [-0.15, -0.1) is 0 Å². The average molecular weight is 228 g/mol. The molecule has 1 aliphatic heterocycles. The van der Waals surface area contributed by atoms with E-state index < -0.39 is 0 Å². The van der Waals surface area contributed by atoms with E-state index in [1.807, 2.05) is 0 Å². The van der Waals surface area contributed by atoms with Crippen molar-refractivity contribution in [2.24, 2.45) is 0 Å². The van der Waals surface area contributed by atoms with Crippen molar-refractivity contribution in [3.05, 3.63) is 0 Å². The summed E-state index contributed by atoms with van der Waals surface area (Å²) in [6.07, 6.45) is 1.21. The van der Waals surface area contributed by atoms with Gasteiger partial charge in [0, 0.05) is 26.2 Å². The van der Waals surface area contributed by atoms with Gasteiger partial charge in [0.05, 0.1) is 11.2 Å². The summed E-state index contributed by atoms with van der Waals surface area (Å²) in [6, 6.07) is 0. The highest BCUT2D eigenvalue weighted by atomic mass is 16.5. The van der Waals surface area contributed by atoms with Crippen LogP contribution in [0, 0.1) is 0 Å². The molecule has 0 spiro atoms. The number of hydrogen-bond donors (Lipinski definition) is 1. The minimum Gasteiger partial charge on any atom is -0.367 e. The smallest absolute Gasteiger partial charge is 0.0760 e. The van der Waals surface area contributed by atoms with Gasteiger partial charge in [0.2, 0.25) is 0 Å². The van der Waals surface area contributed by atoms with Gasteiger partial charge in [0.15, 0.2) is 0 Å². The van der Waals surface area contributed by atoms with Gasteiger partial charge in [-0.2, -0.15) is 0 Å². The normalized spacial score (nSPS) is 24.6. The molecule has 0 saturated carbocycles. The predicted molar refractivity (Wildman–Crippen MR) is 68.8 cm³/mol. The maximum atomic E-state index is 6.06. The molecule has 0 atom stereocenters. The summed E-state index contributed by atoms with van der Waals surface area (Å²) in [6.45, 7) is 16.3. The van der Waals surface area contributed by atoms with Crippen molar-refractivity contribution in [1.29, 1.82) is 0 Å². The molecule has 0 aromatic carbocycles. The van der Waals surface area contributed by atoms with Crippen molar-refractivity contribution < 1.29 is 4.74 Å². The summed E-state index contributed by atoms with van der Waals surface area (Å²) in [7, 11) is 0. The first-order valence-corrected chi connectivity index (χ1v) is 6.48. The van der Waals surface area contributed by atoms with Crippen molar-refractivity contribution >= 4 is 0 Å². The Labute approximate surface area is 101 Å². The molecule has 1 heterocycles. The fourth-order valence-corrected chi connectivity index (χ4v) is 2.64. The highest BCUT2D eigenvalue weighted by Gasteiger charge is 2.37. The molecule has 1 N–H and O–H groups in total. The zero-order valence-electron chi connectivity index (χ0n) is 11.6. The van der Waals surface area contributed by atoms with E-state index >= 15 is 0 Å². The van der Waals surface area contributed by atoms with Crippen molar-refractivity contribution in [2.45, 2.75) is 52.2 Å².